The molecule has 0 unspecified atom stereocenters. The summed E-state index contributed by atoms with van der Waals surface area (Å²) in [4.78, 5) is 29.7. The van der Waals surface area contributed by atoms with E-state index in [1.165, 1.54) is 0 Å². The molecule has 6 heteroatoms. The average Bonchev–Trinajstić information content (AvgIpc) is 3.40. The van der Waals surface area contributed by atoms with Crippen LogP contribution in [-0.4, -0.2) is 21.7 Å². The van der Waals surface area contributed by atoms with Crippen molar-refractivity contribution in [3.63, 3.8) is 0 Å². The molecule has 1 amide bonds. The number of carbonyl (C=O) groups is 2. The van der Waals surface area contributed by atoms with Crippen molar-refractivity contribution in [3.8, 4) is 0 Å². The maximum absolute atomic E-state index is 11.9. The zero-order valence-electron chi connectivity index (χ0n) is 14.0. The second-order valence-electron chi connectivity index (χ2n) is 5.91. The third kappa shape index (κ3) is 5.04. The van der Waals surface area contributed by atoms with Gasteiger partial charge in [-0.25, -0.2) is 4.98 Å². The first-order valence-electron chi connectivity index (χ1n) is 8.29. The van der Waals surface area contributed by atoms with E-state index in [4.69, 9.17) is 11.6 Å². The molecule has 26 heavy (non-hydrogen) atoms. The van der Waals surface area contributed by atoms with E-state index in [1.807, 2.05) is 18.2 Å². The van der Waals surface area contributed by atoms with Crippen LogP contribution in [0.4, 0.5) is 5.95 Å². The van der Waals surface area contributed by atoms with Crippen LogP contribution in [0, 0.1) is 5.92 Å². The SMILES string of the molecule is O=C(Nc1ncc[nH]1)C1CC1.O=C(c1ccccc1)c1cccc(Cl)c1. The monoisotopic (exact) mass is 367 g/mol. The summed E-state index contributed by atoms with van der Waals surface area (Å²) in [6, 6.07) is 16.1. The van der Waals surface area contributed by atoms with E-state index in [0.29, 0.717) is 22.1 Å². The zero-order chi connectivity index (χ0) is 18.4. The molecule has 1 saturated carbocycles. The number of ketones is 1. The zero-order valence-corrected chi connectivity index (χ0v) is 14.7. The molecule has 5 nitrogen and oxygen atoms in total. The molecule has 0 spiro atoms. The highest BCUT2D eigenvalue weighted by Gasteiger charge is 2.29. The second-order valence-corrected chi connectivity index (χ2v) is 6.34. The van der Waals surface area contributed by atoms with Gasteiger partial charge in [0.15, 0.2) is 5.78 Å². The highest BCUT2D eigenvalue weighted by atomic mass is 35.5. The fraction of sp³-hybridized carbons (Fsp3) is 0.150. The van der Waals surface area contributed by atoms with E-state index in [0.717, 1.165) is 12.8 Å². The minimum atomic E-state index is -0.00176. The highest BCUT2D eigenvalue weighted by Crippen LogP contribution is 2.29. The number of halogens is 1. The molecule has 0 bridgehead atoms. The Morgan fingerprint density at radius 1 is 1.04 bits per heavy atom. The van der Waals surface area contributed by atoms with Crippen molar-refractivity contribution in [2.75, 3.05) is 5.32 Å². The summed E-state index contributed by atoms with van der Waals surface area (Å²) in [5.41, 5.74) is 1.30. The van der Waals surface area contributed by atoms with Crippen molar-refractivity contribution in [3.05, 3.63) is 83.1 Å². The first-order chi connectivity index (χ1) is 12.6. The number of aromatic amines is 1. The first-order valence-corrected chi connectivity index (χ1v) is 8.67. The lowest BCUT2D eigenvalue weighted by atomic mass is 10.0. The number of anilines is 1. The number of imidazole rings is 1. The van der Waals surface area contributed by atoms with Crippen LogP contribution in [0.1, 0.15) is 28.8 Å². The van der Waals surface area contributed by atoms with Gasteiger partial charge in [-0.1, -0.05) is 54.1 Å². The maximum Gasteiger partial charge on any atom is 0.229 e. The minimum absolute atomic E-state index is 0.00176. The largest absolute Gasteiger partial charge is 0.331 e. The van der Waals surface area contributed by atoms with Gasteiger partial charge in [-0.3, -0.25) is 14.9 Å². The summed E-state index contributed by atoms with van der Waals surface area (Å²) in [6.07, 6.45) is 5.34. The number of nitrogens with zero attached hydrogens (tertiary/aromatic N) is 1. The Morgan fingerprint density at radius 2 is 1.77 bits per heavy atom. The lowest BCUT2D eigenvalue weighted by Gasteiger charge is -2.00. The number of nitrogens with one attached hydrogen (secondary N) is 2. The smallest absolute Gasteiger partial charge is 0.229 e. The van der Waals surface area contributed by atoms with Gasteiger partial charge < -0.3 is 4.98 Å². The molecule has 132 valence electrons. The standard InChI is InChI=1S/C13H9ClO.C7H9N3O/c14-12-8-4-7-11(9-12)13(15)10-5-2-1-3-6-10;11-6(5-1-2-5)10-7-8-3-4-9-7/h1-9H;3-5H,1-2H2,(H2,8,9,10,11). The van der Waals surface area contributed by atoms with Crippen LogP contribution in [0.5, 0.6) is 0 Å². The van der Waals surface area contributed by atoms with Gasteiger partial charge in [0.2, 0.25) is 11.9 Å². The first kappa shape index (κ1) is 17.9. The summed E-state index contributed by atoms with van der Waals surface area (Å²) in [5.74, 6) is 0.861. The molecular weight excluding hydrogens is 350 g/mol. The van der Waals surface area contributed by atoms with Crippen molar-refractivity contribution < 1.29 is 9.59 Å². The van der Waals surface area contributed by atoms with E-state index < -0.39 is 0 Å². The number of hydrogen-bond acceptors (Lipinski definition) is 3. The van der Waals surface area contributed by atoms with Gasteiger partial charge in [0.1, 0.15) is 0 Å². The molecule has 0 atom stereocenters. The molecule has 1 aromatic heterocycles. The number of H-pyrrole nitrogens is 1. The van der Waals surface area contributed by atoms with Crippen LogP contribution in [-0.2, 0) is 4.79 Å². The molecule has 0 aliphatic heterocycles. The molecule has 0 saturated heterocycles. The van der Waals surface area contributed by atoms with Crippen molar-refractivity contribution in [2.24, 2.45) is 5.92 Å². The van der Waals surface area contributed by atoms with Crippen LogP contribution in [0.15, 0.2) is 67.0 Å². The number of carbonyl (C=O) groups excluding carboxylic acids is 2. The summed E-state index contributed by atoms with van der Waals surface area (Å²) in [7, 11) is 0. The van der Waals surface area contributed by atoms with E-state index in [2.05, 4.69) is 15.3 Å². The Labute approximate surface area is 156 Å². The fourth-order valence-corrected chi connectivity index (χ4v) is 2.47. The number of hydrogen-bond donors (Lipinski definition) is 2. The van der Waals surface area contributed by atoms with Gasteiger partial charge in [-0.15, -0.1) is 0 Å². The summed E-state index contributed by atoms with van der Waals surface area (Å²) < 4.78 is 0. The van der Waals surface area contributed by atoms with E-state index in [-0.39, 0.29) is 17.6 Å². The molecule has 1 aliphatic rings. The third-order valence-electron chi connectivity index (χ3n) is 3.81. The van der Waals surface area contributed by atoms with Crippen LogP contribution in [0.3, 0.4) is 0 Å². The van der Waals surface area contributed by atoms with Gasteiger partial charge in [0.25, 0.3) is 0 Å². The van der Waals surface area contributed by atoms with Crippen LogP contribution >= 0.6 is 11.6 Å². The van der Waals surface area contributed by atoms with Crippen LogP contribution in [0.2, 0.25) is 5.02 Å². The van der Waals surface area contributed by atoms with Crippen molar-refractivity contribution >= 4 is 29.2 Å². The summed E-state index contributed by atoms with van der Waals surface area (Å²) in [6.45, 7) is 0. The molecule has 0 radical (unpaired) electrons. The van der Waals surface area contributed by atoms with Crippen molar-refractivity contribution in [1.82, 2.24) is 9.97 Å². The third-order valence-corrected chi connectivity index (χ3v) is 4.05. The summed E-state index contributed by atoms with van der Waals surface area (Å²) in [5, 5.41) is 3.26. The maximum atomic E-state index is 11.9. The van der Waals surface area contributed by atoms with Gasteiger partial charge in [0, 0.05) is 34.5 Å². The minimum Gasteiger partial charge on any atom is -0.331 e. The van der Waals surface area contributed by atoms with Crippen LogP contribution in [0.25, 0.3) is 0 Å². The van der Waals surface area contributed by atoms with Gasteiger partial charge >= 0.3 is 0 Å². The Hall–Kier alpha value is -2.92. The Morgan fingerprint density at radius 3 is 2.38 bits per heavy atom. The lowest BCUT2D eigenvalue weighted by Crippen LogP contribution is -2.14. The molecular formula is C20H18ClN3O2. The Kier molecular flexibility index (Phi) is 5.81. The lowest BCUT2D eigenvalue weighted by molar-refractivity contribution is -0.117. The van der Waals surface area contributed by atoms with Crippen LogP contribution < -0.4 is 5.32 Å². The molecule has 4 rings (SSSR count). The molecule has 1 aliphatic carbocycles. The second kappa shape index (κ2) is 8.45. The Balaban J connectivity index is 0.000000158. The topological polar surface area (TPSA) is 74.8 Å². The van der Waals surface area contributed by atoms with E-state index in [9.17, 15) is 9.59 Å². The molecule has 3 aromatic rings. The molecule has 1 heterocycles. The van der Waals surface area contributed by atoms with Gasteiger partial charge in [-0.05, 0) is 25.0 Å². The van der Waals surface area contributed by atoms with Gasteiger partial charge in [-0.2, -0.15) is 0 Å². The van der Waals surface area contributed by atoms with Crippen molar-refractivity contribution in [2.45, 2.75) is 12.8 Å². The van der Waals surface area contributed by atoms with Gasteiger partial charge in [0.05, 0.1) is 0 Å². The quantitative estimate of drug-likeness (QED) is 0.674. The molecule has 2 aromatic carbocycles. The van der Waals surface area contributed by atoms with Crippen molar-refractivity contribution in [1.29, 1.82) is 0 Å². The number of rotatable bonds is 4. The molecule has 2 N–H and O–H groups in total. The predicted molar refractivity (Wildman–Crippen MR) is 101 cm³/mol. The summed E-state index contributed by atoms with van der Waals surface area (Å²) >= 11 is 5.82. The fourth-order valence-electron chi connectivity index (χ4n) is 2.28. The number of amides is 1. The normalized spacial score (nSPS) is 12.7. The highest BCUT2D eigenvalue weighted by molar-refractivity contribution is 6.31. The van der Waals surface area contributed by atoms with E-state index >= 15 is 0 Å². The Bertz CT molecular complexity index is 875. The predicted octanol–water partition coefficient (Wildman–Crippen LogP) is 4.33. The van der Waals surface area contributed by atoms with E-state index in [1.54, 1.807) is 48.8 Å². The average molecular weight is 368 g/mol. The number of aromatic nitrogens is 2. The molecule has 1 fully saturated rings. The number of benzene rings is 2.